The van der Waals surface area contributed by atoms with Crippen LogP contribution >= 0.6 is 0 Å². The van der Waals surface area contributed by atoms with Gasteiger partial charge in [0.25, 0.3) is 0 Å². The van der Waals surface area contributed by atoms with Gasteiger partial charge in [-0.3, -0.25) is 9.59 Å². The smallest absolute Gasteiger partial charge is 0.308 e. The largest absolute Gasteiger partial charge is 0.493 e. The second kappa shape index (κ2) is 11.0. The molecule has 0 unspecified atom stereocenters. The minimum Gasteiger partial charge on any atom is -0.493 e. The molecule has 1 aliphatic rings. The minimum atomic E-state index is -0.413. The van der Waals surface area contributed by atoms with Crippen LogP contribution in [-0.4, -0.2) is 46.5 Å². The number of ether oxygens (including phenoxy) is 6. The lowest BCUT2D eigenvalue weighted by Gasteiger charge is -2.24. The van der Waals surface area contributed by atoms with Crippen LogP contribution in [0.3, 0.4) is 0 Å². The van der Waals surface area contributed by atoms with E-state index in [-0.39, 0.29) is 30.5 Å². The van der Waals surface area contributed by atoms with Crippen molar-refractivity contribution in [3.05, 3.63) is 47.5 Å². The SMILES string of the molecule is COc1ccc([C@H]2OC[C@H](Cc3ccc(OC(C)=O)c(OC)c3)[C@@H]2COC(C)=O)cc1OC. The summed E-state index contributed by atoms with van der Waals surface area (Å²) >= 11 is 0. The first kappa shape index (κ1) is 24.4. The molecule has 1 heterocycles. The molecule has 0 amide bonds. The molecule has 2 aromatic carbocycles. The minimum absolute atomic E-state index is 0.0638. The van der Waals surface area contributed by atoms with Gasteiger partial charge in [-0.05, 0) is 47.7 Å². The van der Waals surface area contributed by atoms with Gasteiger partial charge < -0.3 is 28.4 Å². The number of methoxy groups -OCH3 is 3. The molecule has 1 fully saturated rings. The van der Waals surface area contributed by atoms with Gasteiger partial charge in [0, 0.05) is 19.8 Å². The van der Waals surface area contributed by atoms with E-state index in [0.29, 0.717) is 36.0 Å². The van der Waals surface area contributed by atoms with Gasteiger partial charge in [0.1, 0.15) is 0 Å². The van der Waals surface area contributed by atoms with E-state index in [2.05, 4.69) is 0 Å². The van der Waals surface area contributed by atoms with E-state index >= 15 is 0 Å². The van der Waals surface area contributed by atoms with Crippen molar-refractivity contribution in [3.63, 3.8) is 0 Å². The average molecular weight is 459 g/mol. The molecular weight excluding hydrogens is 428 g/mol. The van der Waals surface area contributed by atoms with Gasteiger partial charge >= 0.3 is 11.9 Å². The number of esters is 2. The Hall–Kier alpha value is -3.26. The Labute approximate surface area is 193 Å². The van der Waals surface area contributed by atoms with Gasteiger partial charge in [-0.1, -0.05) is 12.1 Å². The summed E-state index contributed by atoms with van der Waals surface area (Å²) in [4.78, 5) is 22.9. The molecule has 0 spiro atoms. The molecule has 2 aromatic rings. The highest BCUT2D eigenvalue weighted by atomic mass is 16.6. The maximum Gasteiger partial charge on any atom is 0.308 e. The first-order valence-electron chi connectivity index (χ1n) is 10.7. The quantitative estimate of drug-likeness (QED) is 0.415. The van der Waals surface area contributed by atoms with E-state index in [0.717, 1.165) is 11.1 Å². The molecule has 0 saturated carbocycles. The standard InChI is InChI=1S/C25H30O8/c1-15(26)31-14-20-19(10-17-6-8-22(33-16(2)27)23(11-17)29-4)13-32-25(20)18-7-9-21(28-3)24(12-18)30-5/h6-9,11-12,19-20,25H,10,13-14H2,1-5H3/t19-,20-,25+/m0/s1. The van der Waals surface area contributed by atoms with Gasteiger partial charge in [-0.25, -0.2) is 0 Å². The molecule has 0 bridgehead atoms. The third kappa shape index (κ3) is 5.96. The van der Waals surface area contributed by atoms with Crippen LogP contribution in [0.15, 0.2) is 36.4 Å². The number of benzene rings is 2. The number of carbonyl (C=O) groups excluding carboxylic acids is 2. The normalized spacial score (nSPS) is 19.6. The van der Waals surface area contributed by atoms with Gasteiger partial charge in [0.15, 0.2) is 23.0 Å². The van der Waals surface area contributed by atoms with Crippen LogP contribution in [0.5, 0.6) is 23.0 Å². The van der Waals surface area contributed by atoms with Crippen molar-refractivity contribution in [1.82, 2.24) is 0 Å². The van der Waals surface area contributed by atoms with E-state index in [1.807, 2.05) is 30.3 Å². The molecule has 3 atom stereocenters. The van der Waals surface area contributed by atoms with E-state index in [9.17, 15) is 9.59 Å². The van der Waals surface area contributed by atoms with Crippen molar-refractivity contribution in [2.24, 2.45) is 11.8 Å². The van der Waals surface area contributed by atoms with Gasteiger partial charge in [0.05, 0.1) is 40.6 Å². The molecule has 33 heavy (non-hydrogen) atoms. The Morgan fingerprint density at radius 2 is 1.55 bits per heavy atom. The van der Waals surface area contributed by atoms with E-state index in [1.165, 1.54) is 21.0 Å². The number of hydrogen-bond acceptors (Lipinski definition) is 8. The summed E-state index contributed by atoms with van der Waals surface area (Å²) in [5, 5.41) is 0. The lowest BCUT2D eigenvalue weighted by Crippen LogP contribution is -2.24. The fourth-order valence-electron chi connectivity index (χ4n) is 4.12. The molecule has 1 saturated heterocycles. The highest BCUT2D eigenvalue weighted by Gasteiger charge is 2.39. The monoisotopic (exact) mass is 458 g/mol. The first-order valence-corrected chi connectivity index (χ1v) is 10.7. The molecule has 0 aromatic heterocycles. The Morgan fingerprint density at radius 1 is 0.879 bits per heavy atom. The molecule has 0 radical (unpaired) electrons. The van der Waals surface area contributed by atoms with Crippen molar-refractivity contribution in [2.75, 3.05) is 34.5 Å². The molecule has 178 valence electrons. The zero-order chi connectivity index (χ0) is 24.0. The predicted octanol–water partition coefficient (Wildman–Crippen LogP) is 3.75. The Morgan fingerprint density at radius 3 is 2.18 bits per heavy atom. The van der Waals surface area contributed by atoms with E-state index < -0.39 is 5.97 Å². The summed E-state index contributed by atoms with van der Waals surface area (Å²) in [5.41, 5.74) is 1.92. The van der Waals surface area contributed by atoms with E-state index in [1.54, 1.807) is 20.3 Å². The third-order valence-electron chi connectivity index (χ3n) is 5.68. The van der Waals surface area contributed by atoms with Crippen LogP contribution in [0.1, 0.15) is 31.1 Å². The third-order valence-corrected chi connectivity index (χ3v) is 5.68. The van der Waals surface area contributed by atoms with E-state index in [4.69, 9.17) is 28.4 Å². The molecule has 8 nitrogen and oxygen atoms in total. The topological polar surface area (TPSA) is 89.5 Å². The summed E-state index contributed by atoms with van der Waals surface area (Å²) in [5.74, 6) is 1.37. The Bertz CT molecular complexity index is 986. The molecular formula is C25H30O8. The fraction of sp³-hybridized carbons (Fsp3) is 0.440. The predicted molar refractivity (Wildman–Crippen MR) is 120 cm³/mol. The zero-order valence-electron chi connectivity index (χ0n) is 19.6. The lowest BCUT2D eigenvalue weighted by atomic mass is 9.84. The van der Waals surface area contributed by atoms with Gasteiger partial charge in [-0.15, -0.1) is 0 Å². The van der Waals surface area contributed by atoms with Gasteiger partial charge in [-0.2, -0.15) is 0 Å². The molecule has 8 heteroatoms. The van der Waals surface area contributed by atoms with Crippen molar-refractivity contribution in [2.45, 2.75) is 26.4 Å². The molecule has 1 aliphatic heterocycles. The lowest BCUT2D eigenvalue weighted by molar-refractivity contribution is -0.143. The summed E-state index contributed by atoms with van der Waals surface area (Å²) in [6, 6.07) is 11.1. The Balaban J connectivity index is 1.84. The van der Waals surface area contributed by atoms with Crippen LogP contribution in [0.2, 0.25) is 0 Å². The first-order chi connectivity index (χ1) is 15.9. The van der Waals surface area contributed by atoms with Crippen molar-refractivity contribution < 1.29 is 38.0 Å². The molecule has 0 aliphatic carbocycles. The highest BCUT2D eigenvalue weighted by Crippen LogP contribution is 2.43. The Kier molecular flexibility index (Phi) is 8.16. The van der Waals surface area contributed by atoms with Crippen LogP contribution in [0, 0.1) is 11.8 Å². The summed E-state index contributed by atoms with van der Waals surface area (Å²) in [7, 11) is 4.70. The van der Waals surface area contributed by atoms with Crippen molar-refractivity contribution in [1.29, 1.82) is 0 Å². The average Bonchev–Trinajstić information content (AvgIpc) is 3.19. The fourth-order valence-corrected chi connectivity index (χ4v) is 4.12. The molecule has 0 N–H and O–H groups in total. The highest BCUT2D eigenvalue weighted by molar-refractivity contribution is 5.70. The van der Waals surface area contributed by atoms with Crippen LogP contribution in [0.25, 0.3) is 0 Å². The zero-order valence-corrected chi connectivity index (χ0v) is 19.6. The summed E-state index contributed by atoms with van der Waals surface area (Å²) < 4.78 is 32.9. The maximum absolute atomic E-state index is 11.5. The van der Waals surface area contributed by atoms with Crippen LogP contribution < -0.4 is 18.9 Å². The number of carbonyl (C=O) groups is 2. The van der Waals surface area contributed by atoms with Crippen LogP contribution in [-0.2, 0) is 25.5 Å². The second-order valence-corrected chi connectivity index (χ2v) is 7.88. The van der Waals surface area contributed by atoms with Gasteiger partial charge in [0.2, 0.25) is 0 Å². The summed E-state index contributed by atoms with van der Waals surface area (Å²) in [6.45, 7) is 3.48. The number of hydrogen-bond donors (Lipinski definition) is 0. The van der Waals surface area contributed by atoms with Crippen LogP contribution in [0.4, 0.5) is 0 Å². The maximum atomic E-state index is 11.5. The second-order valence-electron chi connectivity index (χ2n) is 7.88. The number of rotatable bonds is 9. The van der Waals surface area contributed by atoms with Crippen molar-refractivity contribution >= 4 is 11.9 Å². The van der Waals surface area contributed by atoms with Crippen molar-refractivity contribution in [3.8, 4) is 23.0 Å². The summed E-state index contributed by atoms with van der Waals surface area (Å²) in [6.07, 6.45) is 0.406. The molecule has 3 rings (SSSR count).